The van der Waals surface area contributed by atoms with Gasteiger partial charge in [-0.25, -0.2) is 4.99 Å². The Kier molecular flexibility index (Phi) is 11.2. The number of aliphatic imine (C=N–C) groups is 1. The highest BCUT2D eigenvalue weighted by Gasteiger charge is 2.01. The lowest BCUT2D eigenvalue weighted by molar-refractivity contribution is -0.119. The van der Waals surface area contributed by atoms with Crippen molar-refractivity contribution in [3.8, 4) is 5.75 Å². The highest BCUT2D eigenvalue weighted by molar-refractivity contribution is 14.0. The summed E-state index contributed by atoms with van der Waals surface area (Å²) in [4.78, 5) is 15.7. The number of amides is 1. The number of carbonyl (C=O) groups is 1. The van der Waals surface area contributed by atoms with E-state index < -0.39 is 0 Å². The highest BCUT2D eigenvalue weighted by Crippen LogP contribution is 2.10. The minimum atomic E-state index is -0.163. The van der Waals surface area contributed by atoms with Crippen molar-refractivity contribution in [1.29, 1.82) is 0 Å². The van der Waals surface area contributed by atoms with E-state index in [1.54, 1.807) is 7.11 Å². The predicted molar refractivity (Wildman–Crippen MR) is 104 cm³/mol. The highest BCUT2D eigenvalue weighted by atomic mass is 127. The zero-order chi connectivity index (χ0) is 16.4. The Morgan fingerprint density at radius 2 is 1.91 bits per heavy atom. The first-order valence-corrected chi connectivity index (χ1v) is 7.44. The number of guanidine groups is 1. The molecule has 0 unspecified atom stereocenters. The zero-order valence-corrected chi connectivity index (χ0v) is 16.3. The minimum absolute atomic E-state index is 0. The fourth-order valence-electron chi connectivity index (χ4n) is 1.70. The molecule has 0 bridgehead atoms. The first-order chi connectivity index (χ1) is 10.5. The van der Waals surface area contributed by atoms with E-state index in [4.69, 9.17) is 10.5 Å². The maximum Gasteiger partial charge on any atom is 0.242 e. The van der Waals surface area contributed by atoms with E-state index in [2.05, 4.69) is 29.5 Å². The molecule has 0 atom stereocenters. The van der Waals surface area contributed by atoms with Crippen molar-refractivity contribution >= 4 is 35.8 Å². The molecule has 4 N–H and O–H groups in total. The van der Waals surface area contributed by atoms with Crippen LogP contribution in [0.2, 0.25) is 0 Å². The van der Waals surface area contributed by atoms with E-state index in [9.17, 15) is 4.79 Å². The number of nitrogens with two attached hydrogens (primary N) is 1. The SMILES string of the molecule is COc1ccc(CNC(=O)CN=C(N)NCCC(C)C)cc1.I. The molecular weight excluding hydrogens is 407 g/mol. The van der Waals surface area contributed by atoms with Gasteiger partial charge >= 0.3 is 0 Å². The average Bonchev–Trinajstić information content (AvgIpc) is 2.51. The van der Waals surface area contributed by atoms with Gasteiger partial charge in [-0.3, -0.25) is 4.79 Å². The number of carbonyl (C=O) groups excluding carboxylic acids is 1. The second-order valence-electron chi connectivity index (χ2n) is 5.44. The Morgan fingerprint density at radius 1 is 1.26 bits per heavy atom. The maximum atomic E-state index is 11.7. The molecule has 1 amide bonds. The van der Waals surface area contributed by atoms with Gasteiger partial charge < -0.3 is 21.1 Å². The first kappa shape index (κ1) is 21.5. The van der Waals surface area contributed by atoms with Gasteiger partial charge in [0.05, 0.1) is 7.11 Å². The van der Waals surface area contributed by atoms with Gasteiger partial charge in [0, 0.05) is 13.1 Å². The van der Waals surface area contributed by atoms with Crippen LogP contribution in [0, 0.1) is 5.92 Å². The van der Waals surface area contributed by atoms with Crippen LogP contribution in [0.4, 0.5) is 0 Å². The normalized spacial score (nSPS) is 10.9. The molecule has 0 saturated carbocycles. The molecule has 0 aromatic heterocycles. The van der Waals surface area contributed by atoms with Gasteiger partial charge in [0.25, 0.3) is 0 Å². The van der Waals surface area contributed by atoms with Crippen LogP contribution in [-0.4, -0.2) is 32.1 Å². The van der Waals surface area contributed by atoms with Crippen LogP contribution in [0.1, 0.15) is 25.8 Å². The molecule has 0 aliphatic heterocycles. The van der Waals surface area contributed by atoms with Crippen molar-refractivity contribution in [2.75, 3.05) is 20.2 Å². The van der Waals surface area contributed by atoms with Crippen LogP contribution in [0.5, 0.6) is 5.75 Å². The molecule has 0 heterocycles. The molecule has 7 heteroatoms. The molecule has 130 valence electrons. The Balaban J connectivity index is 0.00000484. The standard InChI is InChI=1S/C16H26N4O2.HI/c1-12(2)8-9-18-16(17)20-11-15(21)19-10-13-4-6-14(22-3)7-5-13;/h4-7,12H,8-11H2,1-3H3,(H,19,21)(H3,17,18,20);1H. The monoisotopic (exact) mass is 434 g/mol. The Labute approximate surface area is 155 Å². The predicted octanol–water partition coefficient (Wildman–Crippen LogP) is 1.88. The topological polar surface area (TPSA) is 88.7 Å². The lowest BCUT2D eigenvalue weighted by Gasteiger charge is -2.08. The van der Waals surface area contributed by atoms with E-state index in [0.717, 1.165) is 24.3 Å². The molecule has 6 nitrogen and oxygen atoms in total. The molecule has 0 fully saturated rings. The van der Waals surface area contributed by atoms with Crippen LogP contribution in [0.3, 0.4) is 0 Å². The number of hydrogen-bond acceptors (Lipinski definition) is 3. The minimum Gasteiger partial charge on any atom is -0.497 e. The van der Waals surface area contributed by atoms with E-state index in [0.29, 0.717) is 18.4 Å². The summed E-state index contributed by atoms with van der Waals surface area (Å²) in [7, 11) is 1.62. The molecule has 0 radical (unpaired) electrons. The van der Waals surface area contributed by atoms with Crippen molar-refractivity contribution in [3.63, 3.8) is 0 Å². The Morgan fingerprint density at radius 3 is 2.48 bits per heavy atom. The van der Waals surface area contributed by atoms with Gasteiger partial charge in [-0.15, -0.1) is 24.0 Å². The molecule has 0 aliphatic carbocycles. The van der Waals surface area contributed by atoms with Crippen molar-refractivity contribution in [2.45, 2.75) is 26.8 Å². The van der Waals surface area contributed by atoms with E-state index in [1.807, 2.05) is 24.3 Å². The van der Waals surface area contributed by atoms with E-state index in [-0.39, 0.29) is 36.4 Å². The first-order valence-electron chi connectivity index (χ1n) is 7.44. The number of nitrogens with one attached hydrogen (secondary N) is 2. The third kappa shape index (κ3) is 9.98. The number of methoxy groups -OCH3 is 1. The number of nitrogens with zero attached hydrogens (tertiary/aromatic N) is 1. The molecule has 0 saturated heterocycles. The molecule has 1 aromatic carbocycles. The number of halogens is 1. The average molecular weight is 434 g/mol. The van der Waals surface area contributed by atoms with Gasteiger partial charge in [-0.1, -0.05) is 26.0 Å². The van der Waals surface area contributed by atoms with Crippen LogP contribution >= 0.6 is 24.0 Å². The van der Waals surface area contributed by atoms with Crippen LogP contribution < -0.4 is 21.1 Å². The van der Waals surface area contributed by atoms with Gasteiger partial charge in [0.2, 0.25) is 5.91 Å². The van der Waals surface area contributed by atoms with Gasteiger partial charge in [0.15, 0.2) is 5.96 Å². The molecular formula is C16H27IN4O2. The number of hydrogen-bond donors (Lipinski definition) is 3. The summed E-state index contributed by atoms with van der Waals surface area (Å²) in [6.07, 6.45) is 1.01. The van der Waals surface area contributed by atoms with Gasteiger partial charge in [-0.05, 0) is 30.0 Å². The largest absolute Gasteiger partial charge is 0.497 e. The molecule has 23 heavy (non-hydrogen) atoms. The number of ether oxygens (including phenoxy) is 1. The second-order valence-corrected chi connectivity index (χ2v) is 5.44. The third-order valence-electron chi connectivity index (χ3n) is 3.07. The van der Waals surface area contributed by atoms with Gasteiger partial charge in [0.1, 0.15) is 12.3 Å². The third-order valence-corrected chi connectivity index (χ3v) is 3.07. The molecule has 1 rings (SSSR count). The number of benzene rings is 1. The fourth-order valence-corrected chi connectivity index (χ4v) is 1.70. The van der Waals surface area contributed by atoms with Crippen LogP contribution in [0.25, 0.3) is 0 Å². The van der Waals surface area contributed by atoms with E-state index >= 15 is 0 Å². The Hall–Kier alpha value is -1.51. The molecule has 0 spiro atoms. The summed E-state index contributed by atoms with van der Waals surface area (Å²) >= 11 is 0. The van der Waals surface area contributed by atoms with Crippen molar-refractivity contribution in [3.05, 3.63) is 29.8 Å². The summed E-state index contributed by atoms with van der Waals surface area (Å²) in [5, 5.41) is 5.79. The number of rotatable bonds is 8. The van der Waals surface area contributed by atoms with Crippen molar-refractivity contribution in [2.24, 2.45) is 16.6 Å². The summed E-state index contributed by atoms with van der Waals surface area (Å²) in [5.74, 6) is 1.54. The van der Waals surface area contributed by atoms with Crippen molar-refractivity contribution in [1.82, 2.24) is 10.6 Å². The van der Waals surface area contributed by atoms with E-state index in [1.165, 1.54) is 0 Å². The fraction of sp³-hybridized carbons (Fsp3) is 0.500. The summed E-state index contributed by atoms with van der Waals surface area (Å²) in [6.45, 7) is 5.53. The Bertz CT molecular complexity index is 489. The maximum absolute atomic E-state index is 11.7. The zero-order valence-electron chi connectivity index (χ0n) is 14.0. The lowest BCUT2D eigenvalue weighted by Crippen LogP contribution is -2.34. The second kappa shape index (κ2) is 12.0. The summed E-state index contributed by atoms with van der Waals surface area (Å²) in [5.41, 5.74) is 6.69. The van der Waals surface area contributed by atoms with Crippen molar-refractivity contribution < 1.29 is 9.53 Å². The molecule has 1 aromatic rings. The van der Waals surface area contributed by atoms with Gasteiger partial charge in [-0.2, -0.15) is 0 Å². The smallest absolute Gasteiger partial charge is 0.242 e. The summed E-state index contributed by atoms with van der Waals surface area (Å²) < 4.78 is 5.08. The lowest BCUT2D eigenvalue weighted by atomic mass is 10.1. The van der Waals surface area contributed by atoms with Crippen LogP contribution in [-0.2, 0) is 11.3 Å². The van der Waals surface area contributed by atoms with Crippen LogP contribution in [0.15, 0.2) is 29.3 Å². The molecule has 0 aliphatic rings. The summed E-state index contributed by atoms with van der Waals surface area (Å²) in [6, 6.07) is 7.53. The quantitative estimate of drug-likeness (QED) is 0.331.